The molecule has 0 aliphatic carbocycles. The number of aromatic nitrogens is 2. The van der Waals surface area contributed by atoms with Crippen molar-refractivity contribution in [2.24, 2.45) is 0 Å². The van der Waals surface area contributed by atoms with Crippen LogP contribution in [-0.2, 0) is 0 Å². The zero-order valence-corrected chi connectivity index (χ0v) is 14.7. The minimum atomic E-state index is -0.599. The molecular formula is C17H14N4O4S. The molecule has 0 fully saturated rings. The molecule has 3 aromatic rings. The van der Waals surface area contributed by atoms with Gasteiger partial charge in [0, 0.05) is 23.2 Å². The predicted molar refractivity (Wildman–Crippen MR) is 97.7 cm³/mol. The Hall–Kier alpha value is -3.33. The summed E-state index contributed by atoms with van der Waals surface area (Å²) < 4.78 is 9.31. The summed E-state index contributed by atoms with van der Waals surface area (Å²) in [6.45, 7) is 1.76. The standard InChI is InChI=1S/C17H14N4O4S/c1-10-3-8-14(21(23)24)13(9-10)16(22)19-17-18-15(20-26-17)11-4-6-12(25-2)7-5-11/h3-9H,1-2H3,(H,18,19,20,22). The van der Waals surface area contributed by atoms with E-state index in [1.165, 1.54) is 12.1 Å². The number of nitrogens with one attached hydrogen (secondary N) is 1. The fourth-order valence-electron chi connectivity index (χ4n) is 2.29. The lowest BCUT2D eigenvalue weighted by molar-refractivity contribution is -0.385. The summed E-state index contributed by atoms with van der Waals surface area (Å²) in [5.41, 5.74) is 1.24. The van der Waals surface area contributed by atoms with Gasteiger partial charge in [0.25, 0.3) is 11.6 Å². The number of hydrogen-bond acceptors (Lipinski definition) is 7. The first-order valence-electron chi connectivity index (χ1n) is 7.52. The summed E-state index contributed by atoms with van der Waals surface area (Å²) in [4.78, 5) is 27.2. The monoisotopic (exact) mass is 370 g/mol. The Balaban J connectivity index is 1.82. The summed E-state index contributed by atoms with van der Waals surface area (Å²) in [5.74, 6) is 0.564. The van der Waals surface area contributed by atoms with E-state index in [-0.39, 0.29) is 16.4 Å². The molecule has 3 rings (SSSR count). The van der Waals surface area contributed by atoms with Crippen LogP contribution in [0.3, 0.4) is 0 Å². The molecule has 9 heteroatoms. The van der Waals surface area contributed by atoms with Crippen molar-refractivity contribution in [1.82, 2.24) is 9.36 Å². The van der Waals surface area contributed by atoms with E-state index >= 15 is 0 Å². The van der Waals surface area contributed by atoms with E-state index in [0.717, 1.165) is 22.7 Å². The second-order valence-electron chi connectivity index (χ2n) is 5.38. The second kappa shape index (κ2) is 7.28. The molecule has 0 radical (unpaired) electrons. The first-order valence-corrected chi connectivity index (χ1v) is 8.30. The third-order valence-corrected chi connectivity index (χ3v) is 4.22. The van der Waals surface area contributed by atoms with Gasteiger partial charge in [-0.3, -0.25) is 20.2 Å². The lowest BCUT2D eigenvalue weighted by atomic mass is 10.1. The highest BCUT2D eigenvalue weighted by atomic mass is 32.1. The number of nitro groups is 1. The molecule has 0 saturated carbocycles. The summed E-state index contributed by atoms with van der Waals surface area (Å²) >= 11 is 1.00. The highest BCUT2D eigenvalue weighted by Gasteiger charge is 2.21. The van der Waals surface area contributed by atoms with E-state index < -0.39 is 10.8 Å². The SMILES string of the molecule is COc1ccc(-c2nsc(NC(=O)c3cc(C)ccc3[N+](=O)[O-])n2)cc1. The maximum absolute atomic E-state index is 12.4. The van der Waals surface area contributed by atoms with Gasteiger partial charge in [0.2, 0.25) is 5.13 Å². The van der Waals surface area contributed by atoms with Crippen molar-refractivity contribution >= 4 is 28.3 Å². The quantitative estimate of drug-likeness (QED) is 0.542. The molecule has 0 bridgehead atoms. The third-order valence-electron chi connectivity index (χ3n) is 3.59. The molecule has 1 aromatic heterocycles. The van der Waals surface area contributed by atoms with Crippen molar-refractivity contribution in [2.45, 2.75) is 6.92 Å². The summed E-state index contributed by atoms with van der Waals surface area (Å²) in [6, 6.07) is 11.5. The highest BCUT2D eigenvalue weighted by Crippen LogP contribution is 2.25. The first-order chi connectivity index (χ1) is 12.5. The lowest BCUT2D eigenvalue weighted by Crippen LogP contribution is -2.14. The maximum atomic E-state index is 12.4. The second-order valence-corrected chi connectivity index (χ2v) is 6.14. The number of nitro benzene ring substituents is 1. The topological polar surface area (TPSA) is 107 Å². The molecule has 1 amide bonds. The number of aryl methyl sites for hydroxylation is 1. The number of amides is 1. The van der Waals surface area contributed by atoms with Crippen LogP contribution in [-0.4, -0.2) is 27.3 Å². The van der Waals surface area contributed by atoms with Crippen LogP contribution in [0.15, 0.2) is 42.5 Å². The molecule has 132 valence electrons. The van der Waals surface area contributed by atoms with Gasteiger partial charge >= 0.3 is 0 Å². The number of nitrogens with zero attached hydrogens (tertiary/aromatic N) is 3. The number of hydrogen-bond donors (Lipinski definition) is 1. The Morgan fingerprint density at radius 2 is 1.96 bits per heavy atom. The number of benzene rings is 2. The van der Waals surface area contributed by atoms with Crippen molar-refractivity contribution in [1.29, 1.82) is 0 Å². The van der Waals surface area contributed by atoms with Gasteiger partial charge in [-0.15, -0.1) is 0 Å². The smallest absolute Gasteiger partial charge is 0.282 e. The number of carbonyl (C=O) groups excluding carboxylic acids is 1. The molecule has 1 N–H and O–H groups in total. The molecular weight excluding hydrogens is 356 g/mol. The van der Waals surface area contributed by atoms with Gasteiger partial charge in [-0.1, -0.05) is 6.07 Å². The fourth-order valence-corrected chi connectivity index (χ4v) is 2.87. The molecule has 2 aromatic carbocycles. The number of methoxy groups -OCH3 is 1. The van der Waals surface area contributed by atoms with Crippen LogP contribution < -0.4 is 10.1 Å². The normalized spacial score (nSPS) is 10.4. The van der Waals surface area contributed by atoms with Gasteiger partial charge in [-0.2, -0.15) is 9.36 Å². The molecule has 26 heavy (non-hydrogen) atoms. The Morgan fingerprint density at radius 1 is 1.23 bits per heavy atom. The highest BCUT2D eigenvalue weighted by molar-refractivity contribution is 7.10. The van der Waals surface area contributed by atoms with Crippen molar-refractivity contribution in [3.8, 4) is 17.1 Å². The minimum absolute atomic E-state index is 0.0174. The Bertz CT molecular complexity index is 969. The summed E-state index contributed by atoms with van der Waals surface area (Å²) in [6.07, 6.45) is 0. The molecule has 0 aliphatic heterocycles. The van der Waals surface area contributed by atoms with E-state index in [1.54, 1.807) is 44.4 Å². The maximum Gasteiger partial charge on any atom is 0.282 e. The van der Waals surface area contributed by atoms with Crippen molar-refractivity contribution < 1.29 is 14.5 Å². The van der Waals surface area contributed by atoms with Gasteiger partial charge < -0.3 is 4.74 Å². The fraction of sp³-hybridized carbons (Fsp3) is 0.118. The van der Waals surface area contributed by atoms with E-state index in [1.807, 2.05) is 0 Å². The van der Waals surface area contributed by atoms with Gasteiger partial charge in [0.1, 0.15) is 11.3 Å². The Morgan fingerprint density at radius 3 is 2.62 bits per heavy atom. The molecule has 0 aliphatic rings. The summed E-state index contributed by atoms with van der Waals surface area (Å²) in [5, 5.41) is 14.0. The molecule has 0 unspecified atom stereocenters. The number of ether oxygens (including phenoxy) is 1. The van der Waals surface area contributed by atoms with Crippen molar-refractivity contribution in [2.75, 3.05) is 12.4 Å². The zero-order valence-electron chi connectivity index (χ0n) is 13.9. The molecule has 0 spiro atoms. The number of rotatable bonds is 5. The van der Waals surface area contributed by atoms with E-state index in [0.29, 0.717) is 11.6 Å². The molecule has 8 nitrogen and oxygen atoms in total. The van der Waals surface area contributed by atoms with Crippen LogP contribution in [0, 0.1) is 17.0 Å². The number of carbonyl (C=O) groups is 1. The van der Waals surface area contributed by atoms with Gasteiger partial charge in [-0.25, -0.2) is 0 Å². The van der Waals surface area contributed by atoms with Crippen molar-refractivity contribution in [3.63, 3.8) is 0 Å². The van der Waals surface area contributed by atoms with E-state index in [4.69, 9.17) is 4.74 Å². The summed E-state index contributed by atoms with van der Waals surface area (Å²) in [7, 11) is 1.58. The first kappa shape index (κ1) is 17.5. The largest absolute Gasteiger partial charge is 0.497 e. The lowest BCUT2D eigenvalue weighted by Gasteiger charge is -2.04. The number of anilines is 1. The average molecular weight is 370 g/mol. The molecule has 0 saturated heterocycles. The minimum Gasteiger partial charge on any atom is -0.497 e. The molecule has 1 heterocycles. The third kappa shape index (κ3) is 3.67. The van der Waals surface area contributed by atoms with Gasteiger partial charge in [-0.05, 0) is 42.8 Å². The van der Waals surface area contributed by atoms with Gasteiger partial charge in [0.15, 0.2) is 5.82 Å². The Labute approximate surface area is 152 Å². The van der Waals surface area contributed by atoms with Crippen molar-refractivity contribution in [3.05, 3.63) is 63.7 Å². The average Bonchev–Trinajstić information content (AvgIpc) is 3.10. The van der Waals surface area contributed by atoms with Gasteiger partial charge in [0.05, 0.1) is 12.0 Å². The predicted octanol–water partition coefficient (Wildman–Crippen LogP) is 3.68. The Kier molecular flexibility index (Phi) is 4.90. The van der Waals surface area contributed by atoms with Crippen LogP contribution in [0.4, 0.5) is 10.8 Å². The van der Waals surface area contributed by atoms with Crippen LogP contribution in [0.1, 0.15) is 15.9 Å². The van der Waals surface area contributed by atoms with E-state index in [2.05, 4.69) is 14.7 Å². The molecule has 0 atom stereocenters. The van der Waals surface area contributed by atoms with Crippen LogP contribution in [0.2, 0.25) is 0 Å². The van der Waals surface area contributed by atoms with Crippen LogP contribution in [0.25, 0.3) is 11.4 Å². The van der Waals surface area contributed by atoms with Crippen LogP contribution >= 0.6 is 11.5 Å². The van der Waals surface area contributed by atoms with E-state index in [9.17, 15) is 14.9 Å². The van der Waals surface area contributed by atoms with Crippen LogP contribution in [0.5, 0.6) is 5.75 Å². The zero-order chi connectivity index (χ0) is 18.7.